The topological polar surface area (TPSA) is 46.3 Å². The van der Waals surface area contributed by atoms with E-state index in [-0.39, 0.29) is 6.03 Å². The van der Waals surface area contributed by atoms with Crippen molar-refractivity contribution in [3.63, 3.8) is 0 Å². The maximum absolute atomic E-state index is 11.3. The number of amides is 2. The van der Waals surface area contributed by atoms with Gasteiger partial charge in [0.2, 0.25) is 0 Å². The summed E-state index contributed by atoms with van der Waals surface area (Å²) in [6.45, 7) is 0.946. The van der Waals surface area contributed by atoms with Crippen LogP contribution in [0.3, 0.4) is 0 Å². The summed E-state index contributed by atoms with van der Waals surface area (Å²) in [7, 11) is 0. The molecule has 1 saturated heterocycles. The first-order valence-electron chi connectivity index (χ1n) is 5.82. The van der Waals surface area contributed by atoms with Crippen molar-refractivity contribution in [2.45, 2.75) is 38.1 Å². The molecule has 3 fully saturated rings. The van der Waals surface area contributed by atoms with Crippen LogP contribution in [0.25, 0.3) is 0 Å². The average Bonchev–Trinajstić information content (AvgIpc) is 3.03. The maximum Gasteiger partial charge on any atom is 0.315 e. The molecule has 2 aliphatic carbocycles. The van der Waals surface area contributed by atoms with E-state index < -0.39 is 0 Å². The average molecular weight is 194 g/mol. The first-order valence-corrected chi connectivity index (χ1v) is 5.82. The highest BCUT2D eigenvalue weighted by atomic mass is 16.2. The fraction of sp³-hybridized carbons (Fsp3) is 0.909. The summed E-state index contributed by atoms with van der Waals surface area (Å²) in [6, 6.07) is 0.308. The standard InChI is InChI=1S/C11H18N2O/c12-11(14)13-6-9(7-1-2-7)5-10(13)8-3-4-8/h7-10H,1-6H2,(H2,12,14)/t9-,10-/m1/s1. The second kappa shape index (κ2) is 2.88. The summed E-state index contributed by atoms with van der Waals surface area (Å²) in [5, 5.41) is 0. The number of rotatable bonds is 2. The highest BCUT2D eigenvalue weighted by Crippen LogP contribution is 2.48. The molecule has 0 aromatic heterocycles. The van der Waals surface area contributed by atoms with Crippen LogP contribution < -0.4 is 5.73 Å². The zero-order valence-corrected chi connectivity index (χ0v) is 8.48. The number of hydrogen-bond donors (Lipinski definition) is 1. The van der Waals surface area contributed by atoms with E-state index in [1.165, 1.54) is 32.1 Å². The summed E-state index contributed by atoms with van der Waals surface area (Å²) in [4.78, 5) is 13.2. The van der Waals surface area contributed by atoms with Crippen LogP contribution in [0.1, 0.15) is 32.1 Å². The van der Waals surface area contributed by atoms with Crippen LogP contribution >= 0.6 is 0 Å². The van der Waals surface area contributed by atoms with Crippen molar-refractivity contribution in [2.24, 2.45) is 23.5 Å². The number of nitrogens with zero attached hydrogens (tertiary/aromatic N) is 1. The van der Waals surface area contributed by atoms with Gasteiger partial charge in [-0.1, -0.05) is 0 Å². The molecular weight excluding hydrogens is 176 g/mol. The van der Waals surface area contributed by atoms with E-state index >= 15 is 0 Å². The zero-order chi connectivity index (χ0) is 9.71. The third-order valence-electron chi connectivity index (χ3n) is 4.11. The molecule has 0 unspecified atom stereocenters. The summed E-state index contributed by atoms with van der Waals surface area (Å²) in [6.07, 6.45) is 6.62. The van der Waals surface area contributed by atoms with E-state index in [0.29, 0.717) is 6.04 Å². The van der Waals surface area contributed by atoms with Gasteiger partial charge in [-0.2, -0.15) is 0 Å². The van der Waals surface area contributed by atoms with Crippen molar-refractivity contribution < 1.29 is 4.79 Å². The van der Waals surface area contributed by atoms with Gasteiger partial charge >= 0.3 is 6.03 Å². The van der Waals surface area contributed by atoms with E-state index in [4.69, 9.17) is 5.73 Å². The Morgan fingerprint density at radius 2 is 1.71 bits per heavy atom. The van der Waals surface area contributed by atoms with Crippen LogP contribution in [-0.2, 0) is 0 Å². The van der Waals surface area contributed by atoms with Crippen molar-refractivity contribution in [3.8, 4) is 0 Å². The van der Waals surface area contributed by atoms with Gasteiger partial charge in [0, 0.05) is 12.6 Å². The van der Waals surface area contributed by atoms with Gasteiger partial charge in [0.05, 0.1) is 0 Å². The zero-order valence-electron chi connectivity index (χ0n) is 8.48. The normalized spacial score (nSPS) is 37.6. The molecule has 2 saturated carbocycles. The van der Waals surface area contributed by atoms with E-state index in [1.54, 1.807) is 0 Å². The molecule has 78 valence electrons. The minimum absolute atomic E-state index is 0.190. The molecule has 0 bridgehead atoms. The molecule has 0 aromatic carbocycles. The molecule has 2 N–H and O–H groups in total. The van der Waals surface area contributed by atoms with Gasteiger partial charge in [-0.05, 0) is 49.9 Å². The Kier molecular flexibility index (Phi) is 1.76. The first-order chi connectivity index (χ1) is 6.75. The summed E-state index contributed by atoms with van der Waals surface area (Å²) in [5.41, 5.74) is 5.42. The predicted octanol–water partition coefficient (Wildman–Crippen LogP) is 1.58. The quantitative estimate of drug-likeness (QED) is 0.712. The van der Waals surface area contributed by atoms with Gasteiger partial charge in [-0.15, -0.1) is 0 Å². The largest absolute Gasteiger partial charge is 0.351 e. The van der Waals surface area contributed by atoms with Gasteiger partial charge < -0.3 is 10.6 Å². The van der Waals surface area contributed by atoms with Crippen LogP contribution in [0.5, 0.6) is 0 Å². The fourth-order valence-electron chi connectivity index (χ4n) is 2.99. The second-order valence-corrected chi connectivity index (χ2v) is 5.23. The molecule has 0 aromatic rings. The minimum atomic E-state index is -0.190. The van der Waals surface area contributed by atoms with Gasteiger partial charge in [0.1, 0.15) is 0 Å². The van der Waals surface area contributed by atoms with E-state index in [0.717, 1.165) is 24.3 Å². The molecule has 3 nitrogen and oxygen atoms in total. The molecule has 2 atom stereocenters. The smallest absolute Gasteiger partial charge is 0.315 e. The lowest BCUT2D eigenvalue weighted by Gasteiger charge is -2.21. The Hall–Kier alpha value is -0.730. The van der Waals surface area contributed by atoms with Crippen LogP contribution in [0.15, 0.2) is 0 Å². The van der Waals surface area contributed by atoms with Crippen molar-refractivity contribution in [2.75, 3.05) is 6.54 Å². The third-order valence-corrected chi connectivity index (χ3v) is 4.11. The van der Waals surface area contributed by atoms with Crippen LogP contribution in [-0.4, -0.2) is 23.5 Å². The number of hydrogen-bond acceptors (Lipinski definition) is 1. The Morgan fingerprint density at radius 3 is 2.21 bits per heavy atom. The lowest BCUT2D eigenvalue weighted by Crippen LogP contribution is -2.40. The highest BCUT2D eigenvalue weighted by molar-refractivity contribution is 5.72. The van der Waals surface area contributed by atoms with Crippen molar-refractivity contribution in [1.82, 2.24) is 4.90 Å². The Labute approximate surface area is 84.6 Å². The van der Waals surface area contributed by atoms with Crippen molar-refractivity contribution >= 4 is 6.03 Å². The lowest BCUT2D eigenvalue weighted by atomic mass is 9.98. The van der Waals surface area contributed by atoms with E-state index in [1.807, 2.05) is 4.90 Å². The highest BCUT2D eigenvalue weighted by Gasteiger charge is 2.47. The third kappa shape index (κ3) is 1.39. The molecule has 0 radical (unpaired) electrons. The van der Waals surface area contributed by atoms with Crippen molar-refractivity contribution in [3.05, 3.63) is 0 Å². The van der Waals surface area contributed by atoms with Crippen LogP contribution in [0.4, 0.5) is 4.79 Å². The Balaban J connectivity index is 1.71. The Bertz CT molecular complexity index is 258. The SMILES string of the molecule is NC(=O)N1C[C@H](C2CC2)C[C@@H]1C1CC1. The summed E-state index contributed by atoms with van der Waals surface area (Å²) >= 11 is 0. The van der Waals surface area contributed by atoms with Gasteiger partial charge in [0.15, 0.2) is 0 Å². The molecule has 0 spiro atoms. The van der Waals surface area contributed by atoms with Gasteiger partial charge in [-0.3, -0.25) is 0 Å². The fourth-order valence-corrected chi connectivity index (χ4v) is 2.99. The maximum atomic E-state index is 11.3. The summed E-state index contributed by atoms with van der Waals surface area (Å²) < 4.78 is 0. The number of carbonyl (C=O) groups excluding carboxylic acids is 1. The van der Waals surface area contributed by atoms with Crippen LogP contribution in [0.2, 0.25) is 0 Å². The molecular formula is C11H18N2O. The van der Waals surface area contributed by atoms with E-state index in [9.17, 15) is 4.79 Å². The Morgan fingerprint density at radius 1 is 1.07 bits per heavy atom. The number of carbonyl (C=O) groups is 1. The second-order valence-electron chi connectivity index (χ2n) is 5.23. The lowest BCUT2D eigenvalue weighted by molar-refractivity contribution is 0.195. The molecule has 1 aliphatic heterocycles. The number of urea groups is 1. The van der Waals surface area contributed by atoms with Crippen LogP contribution in [0, 0.1) is 17.8 Å². The number of primary amides is 1. The summed E-state index contributed by atoms with van der Waals surface area (Å²) in [5.74, 6) is 2.47. The number of likely N-dealkylation sites (tertiary alicyclic amines) is 1. The molecule has 3 heteroatoms. The molecule has 3 rings (SSSR count). The monoisotopic (exact) mass is 194 g/mol. The number of nitrogens with two attached hydrogens (primary N) is 1. The van der Waals surface area contributed by atoms with Crippen molar-refractivity contribution in [1.29, 1.82) is 0 Å². The van der Waals surface area contributed by atoms with E-state index in [2.05, 4.69) is 0 Å². The first kappa shape index (κ1) is 8.57. The molecule has 2 amide bonds. The minimum Gasteiger partial charge on any atom is -0.351 e. The van der Waals surface area contributed by atoms with Gasteiger partial charge in [0.25, 0.3) is 0 Å². The van der Waals surface area contributed by atoms with Gasteiger partial charge in [-0.25, -0.2) is 4.79 Å². The predicted molar refractivity (Wildman–Crippen MR) is 53.6 cm³/mol. The molecule has 14 heavy (non-hydrogen) atoms. The molecule has 1 heterocycles. The molecule has 3 aliphatic rings.